The molecule has 1 fully saturated rings. The largest absolute Gasteiger partial charge is 0.497 e. The van der Waals surface area contributed by atoms with Crippen LogP contribution in [0, 0.1) is 5.92 Å². The summed E-state index contributed by atoms with van der Waals surface area (Å²) in [5.41, 5.74) is 7.20. The highest BCUT2D eigenvalue weighted by Gasteiger charge is 2.44. The Kier molecular flexibility index (Phi) is 3.17. The quantitative estimate of drug-likeness (QED) is 0.839. The zero-order valence-electron chi connectivity index (χ0n) is 9.90. The van der Waals surface area contributed by atoms with Gasteiger partial charge in [-0.1, -0.05) is 19.1 Å². The van der Waals surface area contributed by atoms with E-state index in [1.807, 2.05) is 12.1 Å². The van der Waals surface area contributed by atoms with E-state index >= 15 is 0 Å². The molecule has 0 aromatic heterocycles. The molecule has 1 aliphatic heterocycles. The van der Waals surface area contributed by atoms with E-state index in [-0.39, 0.29) is 5.41 Å². The first-order valence-electron chi connectivity index (χ1n) is 5.65. The number of ether oxygens (including phenoxy) is 2. The van der Waals surface area contributed by atoms with Gasteiger partial charge in [0.25, 0.3) is 0 Å². The molecule has 1 aliphatic rings. The lowest BCUT2D eigenvalue weighted by atomic mass is 9.69. The molecule has 16 heavy (non-hydrogen) atoms. The maximum absolute atomic E-state index is 5.78. The van der Waals surface area contributed by atoms with Crippen molar-refractivity contribution in [2.45, 2.75) is 12.3 Å². The Morgan fingerprint density at radius 3 is 2.38 bits per heavy atom. The van der Waals surface area contributed by atoms with E-state index in [1.165, 1.54) is 5.56 Å². The van der Waals surface area contributed by atoms with E-state index in [2.05, 4.69) is 19.1 Å². The second kappa shape index (κ2) is 4.44. The van der Waals surface area contributed by atoms with Gasteiger partial charge in [0, 0.05) is 5.41 Å². The molecule has 1 aromatic rings. The zero-order chi connectivity index (χ0) is 11.6. The van der Waals surface area contributed by atoms with Gasteiger partial charge >= 0.3 is 0 Å². The molecule has 3 nitrogen and oxygen atoms in total. The lowest BCUT2D eigenvalue weighted by molar-refractivity contribution is -0.0854. The van der Waals surface area contributed by atoms with Crippen LogP contribution in [-0.4, -0.2) is 26.9 Å². The van der Waals surface area contributed by atoms with Crippen molar-refractivity contribution in [3.8, 4) is 5.75 Å². The van der Waals surface area contributed by atoms with Gasteiger partial charge in [0.2, 0.25) is 0 Å². The van der Waals surface area contributed by atoms with Crippen LogP contribution in [0.2, 0.25) is 0 Å². The number of methoxy groups -OCH3 is 1. The van der Waals surface area contributed by atoms with Crippen molar-refractivity contribution < 1.29 is 9.47 Å². The Hall–Kier alpha value is -1.06. The predicted molar refractivity (Wildman–Crippen MR) is 63.7 cm³/mol. The van der Waals surface area contributed by atoms with Gasteiger partial charge in [-0.15, -0.1) is 0 Å². The van der Waals surface area contributed by atoms with Crippen LogP contribution < -0.4 is 10.5 Å². The summed E-state index contributed by atoms with van der Waals surface area (Å²) in [6.45, 7) is 4.43. The number of hydrogen-bond acceptors (Lipinski definition) is 3. The van der Waals surface area contributed by atoms with E-state index in [0.717, 1.165) is 19.0 Å². The van der Waals surface area contributed by atoms with Gasteiger partial charge in [0.15, 0.2) is 0 Å². The van der Waals surface area contributed by atoms with E-state index in [1.54, 1.807) is 7.11 Å². The van der Waals surface area contributed by atoms with Gasteiger partial charge in [-0.2, -0.15) is 0 Å². The Morgan fingerprint density at radius 1 is 1.38 bits per heavy atom. The number of rotatable bonds is 4. The van der Waals surface area contributed by atoms with Crippen LogP contribution in [0.1, 0.15) is 12.5 Å². The van der Waals surface area contributed by atoms with Crippen molar-refractivity contribution in [1.82, 2.24) is 0 Å². The molecule has 0 saturated carbocycles. The lowest BCUT2D eigenvalue weighted by Crippen LogP contribution is -2.53. The van der Waals surface area contributed by atoms with E-state index < -0.39 is 0 Å². The number of benzene rings is 1. The Bertz CT molecular complexity index is 343. The molecule has 88 valence electrons. The fourth-order valence-corrected chi connectivity index (χ4v) is 2.21. The molecule has 1 saturated heterocycles. The van der Waals surface area contributed by atoms with Gasteiger partial charge in [-0.25, -0.2) is 0 Å². The number of hydrogen-bond donors (Lipinski definition) is 1. The second-order valence-electron chi connectivity index (χ2n) is 4.51. The van der Waals surface area contributed by atoms with Crippen LogP contribution in [0.4, 0.5) is 0 Å². The van der Waals surface area contributed by atoms with Gasteiger partial charge in [-0.3, -0.25) is 0 Å². The SMILES string of the molecule is COc1ccc(C2(C(C)CN)COC2)cc1. The molecule has 3 heteroatoms. The molecule has 0 aliphatic carbocycles. The van der Waals surface area contributed by atoms with Crippen molar-refractivity contribution in [1.29, 1.82) is 0 Å². The fraction of sp³-hybridized carbons (Fsp3) is 0.538. The van der Waals surface area contributed by atoms with E-state index in [0.29, 0.717) is 12.5 Å². The summed E-state index contributed by atoms with van der Waals surface area (Å²) >= 11 is 0. The van der Waals surface area contributed by atoms with Crippen LogP contribution >= 0.6 is 0 Å². The standard InChI is InChI=1S/C13H19NO2/c1-10(7-14)13(8-16-9-13)11-3-5-12(15-2)6-4-11/h3-6,10H,7-9,14H2,1-2H3. The minimum Gasteiger partial charge on any atom is -0.497 e. The smallest absolute Gasteiger partial charge is 0.118 e. The summed E-state index contributed by atoms with van der Waals surface area (Å²) in [6.07, 6.45) is 0. The molecular weight excluding hydrogens is 202 g/mol. The van der Waals surface area contributed by atoms with Crippen LogP contribution in [0.3, 0.4) is 0 Å². The summed E-state index contributed by atoms with van der Waals surface area (Å²) in [5.74, 6) is 1.33. The molecule has 1 heterocycles. The zero-order valence-corrected chi connectivity index (χ0v) is 9.90. The summed E-state index contributed by atoms with van der Waals surface area (Å²) in [6, 6.07) is 8.23. The van der Waals surface area contributed by atoms with Gasteiger partial charge in [-0.05, 0) is 30.2 Å². The number of nitrogens with two attached hydrogens (primary N) is 1. The van der Waals surface area contributed by atoms with Crippen LogP contribution in [-0.2, 0) is 10.2 Å². The molecule has 1 aromatic carbocycles. The maximum Gasteiger partial charge on any atom is 0.118 e. The molecule has 0 radical (unpaired) electrons. The van der Waals surface area contributed by atoms with Crippen molar-refractivity contribution in [3.05, 3.63) is 29.8 Å². The van der Waals surface area contributed by atoms with Crippen molar-refractivity contribution >= 4 is 0 Å². The highest BCUT2D eigenvalue weighted by atomic mass is 16.5. The van der Waals surface area contributed by atoms with Gasteiger partial charge in [0.05, 0.1) is 20.3 Å². The Morgan fingerprint density at radius 2 is 2.00 bits per heavy atom. The minimum absolute atomic E-state index is 0.112. The molecule has 0 amide bonds. The minimum atomic E-state index is 0.112. The van der Waals surface area contributed by atoms with Crippen LogP contribution in [0.15, 0.2) is 24.3 Å². The van der Waals surface area contributed by atoms with Gasteiger partial charge in [0.1, 0.15) is 5.75 Å². The topological polar surface area (TPSA) is 44.5 Å². The average molecular weight is 221 g/mol. The summed E-state index contributed by atoms with van der Waals surface area (Å²) in [7, 11) is 1.68. The van der Waals surface area contributed by atoms with Crippen molar-refractivity contribution in [2.24, 2.45) is 11.7 Å². The van der Waals surface area contributed by atoms with E-state index in [9.17, 15) is 0 Å². The Labute approximate surface area is 96.5 Å². The molecule has 2 rings (SSSR count). The highest BCUT2D eigenvalue weighted by molar-refractivity contribution is 5.34. The van der Waals surface area contributed by atoms with E-state index in [4.69, 9.17) is 15.2 Å². The average Bonchev–Trinajstić information content (AvgIpc) is 2.28. The first-order valence-corrected chi connectivity index (χ1v) is 5.65. The van der Waals surface area contributed by atoms with Gasteiger partial charge < -0.3 is 15.2 Å². The summed E-state index contributed by atoms with van der Waals surface area (Å²) < 4.78 is 10.5. The lowest BCUT2D eigenvalue weighted by Gasteiger charge is -2.46. The Balaban J connectivity index is 2.26. The van der Waals surface area contributed by atoms with Crippen molar-refractivity contribution in [2.75, 3.05) is 26.9 Å². The third kappa shape index (κ3) is 1.70. The van der Waals surface area contributed by atoms with Crippen molar-refractivity contribution in [3.63, 3.8) is 0 Å². The van der Waals surface area contributed by atoms with Crippen LogP contribution in [0.5, 0.6) is 5.75 Å². The fourth-order valence-electron chi connectivity index (χ4n) is 2.21. The molecule has 0 spiro atoms. The molecule has 2 N–H and O–H groups in total. The third-order valence-electron chi connectivity index (χ3n) is 3.68. The second-order valence-corrected chi connectivity index (χ2v) is 4.51. The molecular formula is C13H19NO2. The van der Waals surface area contributed by atoms with Crippen LogP contribution in [0.25, 0.3) is 0 Å². The maximum atomic E-state index is 5.78. The molecule has 1 unspecified atom stereocenters. The molecule has 1 atom stereocenters. The molecule has 0 bridgehead atoms. The predicted octanol–water partition coefficient (Wildman–Crippen LogP) is 1.56. The third-order valence-corrected chi connectivity index (χ3v) is 3.68. The first kappa shape index (κ1) is 11.4. The normalized spacial score (nSPS) is 19.9. The highest BCUT2D eigenvalue weighted by Crippen LogP contribution is 2.39. The monoisotopic (exact) mass is 221 g/mol. The first-order chi connectivity index (χ1) is 7.73. The summed E-state index contributed by atoms with van der Waals surface area (Å²) in [5, 5.41) is 0. The summed E-state index contributed by atoms with van der Waals surface area (Å²) in [4.78, 5) is 0.